The van der Waals surface area contributed by atoms with Crippen molar-refractivity contribution in [2.24, 2.45) is 0 Å². The minimum atomic E-state index is -3.27. The number of nitrogens with zero attached hydrogens (tertiary/aromatic N) is 3. The van der Waals surface area contributed by atoms with E-state index < -0.39 is 10.0 Å². The van der Waals surface area contributed by atoms with E-state index in [9.17, 15) is 8.42 Å². The molecule has 114 valence electrons. The molecule has 0 amide bonds. The lowest BCUT2D eigenvalue weighted by Crippen LogP contribution is -2.37. The summed E-state index contributed by atoms with van der Waals surface area (Å²) in [5.41, 5.74) is 1.09. The summed E-state index contributed by atoms with van der Waals surface area (Å²) in [5.74, 6) is 0.930. The van der Waals surface area contributed by atoms with Crippen molar-refractivity contribution < 1.29 is 12.9 Å². The summed E-state index contributed by atoms with van der Waals surface area (Å²) in [6.07, 6.45) is 3.78. The molecule has 0 aliphatic carbocycles. The van der Waals surface area contributed by atoms with Crippen LogP contribution in [0.15, 0.2) is 16.0 Å². The Balaban J connectivity index is 1.93. The molecule has 3 heterocycles. The van der Waals surface area contributed by atoms with Gasteiger partial charge in [0, 0.05) is 6.54 Å². The van der Waals surface area contributed by atoms with Crippen LogP contribution in [-0.4, -0.2) is 35.7 Å². The van der Waals surface area contributed by atoms with Gasteiger partial charge >= 0.3 is 0 Å². The predicted molar refractivity (Wildman–Crippen MR) is 80.5 cm³/mol. The smallest absolute Gasteiger partial charge is 0.245 e. The van der Waals surface area contributed by atoms with Crippen molar-refractivity contribution in [2.75, 3.05) is 12.8 Å². The molecule has 1 atom stereocenters. The lowest BCUT2D eigenvalue weighted by molar-refractivity contribution is 0.206. The molecule has 0 radical (unpaired) electrons. The van der Waals surface area contributed by atoms with Gasteiger partial charge in [-0.1, -0.05) is 11.6 Å². The molecule has 21 heavy (non-hydrogen) atoms. The van der Waals surface area contributed by atoms with Crippen LogP contribution in [0.25, 0.3) is 10.7 Å². The fraction of sp³-hybridized carbons (Fsp3) is 0.538. The number of aryl methyl sites for hydroxylation is 1. The zero-order valence-corrected chi connectivity index (χ0v) is 13.6. The van der Waals surface area contributed by atoms with Crippen LogP contribution >= 0.6 is 11.3 Å². The van der Waals surface area contributed by atoms with Gasteiger partial charge in [0.1, 0.15) is 6.04 Å². The lowest BCUT2D eigenvalue weighted by Gasteiger charge is -2.30. The first-order chi connectivity index (χ1) is 9.97. The van der Waals surface area contributed by atoms with Crippen LogP contribution in [0.3, 0.4) is 0 Å². The topological polar surface area (TPSA) is 76.3 Å². The fourth-order valence-electron chi connectivity index (χ4n) is 2.61. The van der Waals surface area contributed by atoms with Crippen LogP contribution in [0.2, 0.25) is 0 Å². The first-order valence-electron chi connectivity index (χ1n) is 6.81. The van der Waals surface area contributed by atoms with Gasteiger partial charge in [-0.25, -0.2) is 8.42 Å². The molecular weight excluding hydrogens is 310 g/mol. The number of thiophene rings is 1. The number of aromatic nitrogens is 2. The maximum absolute atomic E-state index is 11.9. The quantitative estimate of drug-likeness (QED) is 0.866. The van der Waals surface area contributed by atoms with E-state index in [1.807, 2.05) is 18.4 Å². The average Bonchev–Trinajstić information content (AvgIpc) is 3.06. The third-order valence-corrected chi connectivity index (χ3v) is 5.97. The largest absolute Gasteiger partial charge is 0.337 e. The van der Waals surface area contributed by atoms with E-state index in [1.54, 1.807) is 11.3 Å². The Morgan fingerprint density at radius 1 is 1.43 bits per heavy atom. The van der Waals surface area contributed by atoms with Crippen LogP contribution in [-0.2, 0) is 10.0 Å². The summed E-state index contributed by atoms with van der Waals surface area (Å²) in [6.45, 7) is 2.50. The van der Waals surface area contributed by atoms with Gasteiger partial charge in [0.05, 0.1) is 11.1 Å². The van der Waals surface area contributed by atoms with E-state index >= 15 is 0 Å². The second kappa shape index (κ2) is 5.51. The van der Waals surface area contributed by atoms with Gasteiger partial charge in [0.2, 0.25) is 21.7 Å². The second-order valence-electron chi connectivity index (χ2n) is 5.27. The summed E-state index contributed by atoms with van der Waals surface area (Å²) < 4.78 is 30.6. The van der Waals surface area contributed by atoms with Crippen LogP contribution < -0.4 is 0 Å². The van der Waals surface area contributed by atoms with Crippen LogP contribution in [0.5, 0.6) is 0 Å². The standard InChI is InChI=1S/C13H17N3O3S2/c1-9-6-8-20-11(9)12-14-13(19-15-12)10-5-3-4-7-16(10)21(2,17)18/h6,8,10H,3-5,7H2,1-2H3. The third-order valence-electron chi connectivity index (χ3n) is 3.67. The van der Waals surface area contributed by atoms with E-state index in [4.69, 9.17) is 4.52 Å². The van der Waals surface area contributed by atoms with Gasteiger partial charge in [-0.05, 0) is 36.8 Å². The van der Waals surface area contributed by atoms with Crippen molar-refractivity contribution in [3.05, 3.63) is 22.9 Å². The Bertz CT molecular complexity index is 735. The molecule has 0 saturated carbocycles. The fourth-order valence-corrected chi connectivity index (χ4v) is 4.58. The molecule has 6 nitrogen and oxygen atoms in total. The number of hydrogen-bond donors (Lipinski definition) is 0. The lowest BCUT2D eigenvalue weighted by atomic mass is 10.1. The Kier molecular flexibility index (Phi) is 3.85. The molecule has 0 N–H and O–H groups in total. The molecule has 2 aromatic heterocycles. The van der Waals surface area contributed by atoms with Crippen molar-refractivity contribution in [2.45, 2.75) is 32.2 Å². The minimum absolute atomic E-state index is 0.338. The normalized spacial score (nSPS) is 20.8. The van der Waals surface area contributed by atoms with Crippen molar-refractivity contribution in [3.63, 3.8) is 0 Å². The van der Waals surface area contributed by atoms with E-state index in [-0.39, 0.29) is 6.04 Å². The molecule has 1 unspecified atom stereocenters. The zero-order chi connectivity index (χ0) is 15.0. The SMILES string of the molecule is Cc1ccsc1-c1noc(C2CCCCN2S(C)(=O)=O)n1. The first-order valence-corrected chi connectivity index (χ1v) is 9.54. The number of piperidine rings is 1. The Morgan fingerprint density at radius 2 is 2.24 bits per heavy atom. The van der Waals surface area contributed by atoms with E-state index in [0.29, 0.717) is 18.3 Å². The van der Waals surface area contributed by atoms with Gasteiger partial charge in [-0.3, -0.25) is 0 Å². The van der Waals surface area contributed by atoms with Crippen molar-refractivity contribution in [1.82, 2.24) is 14.4 Å². The third kappa shape index (κ3) is 2.88. The molecule has 2 aromatic rings. The van der Waals surface area contributed by atoms with E-state index in [0.717, 1.165) is 29.7 Å². The van der Waals surface area contributed by atoms with Gasteiger partial charge < -0.3 is 4.52 Å². The average molecular weight is 327 g/mol. The molecule has 3 rings (SSSR count). The van der Waals surface area contributed by atoms with E-state index in [2.05, 4.69) is 10.1 Å². The predicted octanol–water partition coefficient (Wildman–Crippen LogP) is 2.59. The summed E-state index contributed by atoms with van der Waals surface area (Å²) >= 11 is 1.55. The van der Waals surface area contributed by atoms with Gasteiger partial charge in [-0.15, -0.1) is 11.3 Å². The number of sulfonamides is 1. The van der Waals surface area contributed by atoms with E-state index in [1.165, 1.54) is 10.6 Å². The molecular formula is C13H17N3O3S2. The monoisotopic (exact) mass is 327 g/mol. The highest BCUT2D eigenvalue weighted by molar-refractivity contribution is 7.88. The molecule has 0 aromatic carbocycles. The summed E-state index contributed by atoms with van der Waals surface area (Å²) in [5, 5.41) is 5.99. The second-order valence-corrected chi connectivity index (χ2v) is 8.13. The molecule has 1 aliphatic rings. The molecule has 0 bridgehead atoms. The molecule has 1 saturated heterocycles. The highest BCUT2D eigenvalue weighted by Gasteiger charge is 2.34. The van der Waals surface area contributed by atoms with Crippen LogP contribution in [0.1, 0.15) is 36.8 Å². The Labute approximate surface area is 127 Å². The number of rotatable bonds is 3. The minimum Gasteiger partial charge on any atom is -0.337 e. The molecule has 0 spiro atoms. The van der Waals surface area contributed by atoms with Gasteiger partial charge in [-0.2, -0.15) is 9.29 Å². The maximum atomic E-state index is 11.9. The van der Waals surface area contributed by atoms with Gasteiger partial charge in [0.15, 0.2) is 0 Å². The summed E-state index contributed by atoms with van der Waals surface area (Å²) in [4.78, 5) is 5.39. The van der Waals surface area contributed by atoms with Crippen molar-refractivity contribution in [3.8, 4) is 10.7 Å². The number of hydrogen-bond acceptors (Lipinski definition) is 6. The first kappa shape index (κ1) is 14.7. The van der Waals surface area contributed by atoms with Crippen LogP contribution in [0, 0.1) is 6.92 Å². The highest BCUT2D eigenvalue weighted by atomic mass is 32.2. The molecule has 1 aliphatic heterocycles. The maximum Gasteiger partial charge on any atom is 0.245 e. The summed E-state index contributed by atoms with van der Waals surface area (Å²) in [7, 11) is -3.27. The van der Waals surface area contributed by atoms with Crippen molar-refractivity contribution >= 4 is 21.4 Å². The van der Waals surface area contributed by atoms with Gasteiger partial charge in [0.25, 0.3) is 0 Å². The van der Waals surface area contributed by atoms with Crippen molar-refractivity contribution in [1.29, 1.82) is 0 Å². The Hall–Kier alpha value is -1.25. The highest BCUT2D eigenvalue weighted by Crippen LogP contribution is 2.34. The molecule has 1 fully saturated rings. The molecule has 8 heteroatoms. The van der Waals surface area contributed by atoms with Crippen LogP contribution in [0.4, 0.5) is 0 Å². The summed E-state index contributed by atoms with van der Waals surface area (Å²) in [6, 6.07) is 1.66. The zero-order valence-electron chi connectivity index (χ0n) is 11.9. The Morgan fingerprint density at radius 3 is 2.90 bits per heavy atom.